The zero-order valence-corrected chi connectivity index (χ0v) is 14.4. The number of fused-ring (bicyclic) bond motifs is 5. The lowest BCUT2D eigenvalue weighted by Crippen LogP contribution is -2.49. The number of carbonyl (C=O) groups is 1. The zero-order chi connectivity index (χ0) is 15.5. The van der Waals surface area contributed by atoms with Crippen LogP contribution in [0.1, 0.15) is 65.7 Å². The van der Waals surface area contributed by atoms with Gasteiger partial charge in [-0.05, 0) is 86.0 Å². The third-order valence-corrected chi connectivity index (χ3v) is 8.14. The van der Waals surface area contributed by atoms with Crippen molar-refractivity contribution in [2.24, 2.45) is 34.5 Å². The quantitative estimate of drug-likeness (QED) is 0.640. The second-order valence-corrected chi connectivity index (χ2v) is 8.92. The van der Waals surface area contributed by atoms with Crippen molar-refractivity contribution in [1.82, 2.24) is 0 Å². The van der Waals surface area contributed by atoms with Crippen molar-refractivity contribution in [2.45, 2.75) is 65.7 Å². The van der Waals surface area contributed by atoms with Crippen molar-refractivity contribution in [3.63, 3.8) is 0 Å². The molecule has 0 aromatic heterocycles. The van der Waals surface area contributed by atoms with Crippen LogP contribution in [0.3, 0.4) is 0 Å². The van der Waals surface area contributed by atoms with Crippen molar-refractivity contribution in [3.8, 4) is 0 Å². The van der Waals surface area contributed by atoms with Crippen LogP contribution in [0.4, 0.5) is 0 Å². The molecule has 22 heavy (non-hydrogen) atoms. The van der Waals surface area contributed by atoms with Gasteiger partial charge in [-0.3, -0.25) is 4.79 Å². The molecule has 4 aliphatic rings. The summed E-state index contributed by atoms with van der Waals surface area (Å²) in [6.07, 6.45) is 16.2. The number of carbonyl (C=O) groups excluding carboxylic acids is 1. The minimum Gasteiger partial charge on any atom is -0.300 e. The van der Waals surface area contributed by atoms with Gasteiger partial charge in [0.1, 0.15) is 5.78 Å². The summed E-state index contributed by atoms with van der Waals surface area (Å²) in [5.74, 6) is 3.23. The van der Waals surface area contributed by atoms with Gasteiger partial charge in [0, 0.05) is 5.92 Å². The number of Topliss-reactive ketones (excluding diaryl/α,β-unsaturated/α-hetero) is 1. The van der Waals surface area contributed by atoms with Crippen LogP contribution < -0.4 is 0 Å². The predicted octanol–water partition coefficient (Wildman–Crippen LogP) is 5.32. The highest BCUT2D eigenvalue weighted by molar-refractivity contribution is 5.79. The number of allylic oxidation sites excluding steroid dienone is 4. The molecule has 6 atom stereocenters. The number of ketones is 1. The van der Waals surface area contributed by atoms with Gasteiger partial charge in [0.25, 0.3) is 0 Å². The Morgan fingerprint density at radius 2 is 1.95 bits per heavy atom. The largest absolute Gasteiger partial charge is 0.300 e. The average Bonchev–Trinajstić information content (AvgIpc) is 2.84. The van der Waals surface area contributed by atoms with Crippen LogP contribution in [0.2, 0.25) is 0 Å². The first-order valence-corrected chi connectivity index (χ1v) is 9.34. The summed E-state index contributed by atoms with van der Waals surface area (Å²) >= 11 is 0. The lowest BCUT2D eigenvalue weighted by molar-refractivity contribution is -0.127. The molecular weight excluding hydrogens is 268 g/mol. The molecule has 4 aliphatic carbocycles. The number of hydrogen-bond donors (Lipinski definition) is 0. The molecule has 0 aromatic carbocycles. The van der Waals surface area contributed by atoms with E-state index in [2.05, 4.69) is 32.1 Å². The van der Waals surface area contributed by atoms with Gasteiger partial charge in [0.15, 0.2) is 0 Å². The molecule has 0 heterocycles. The molecule has 1 nitrogen and oxygen atoms in total. The summed E-state index contributed by atoms with van der Waals surface area (Å²) in [6, 6.07) is 0. The van der Waals surface area contributed by atoms with Gasteiger partial charge in [-0.1, -0.05) is 32.1 Å². The maximum atomic E-state index is 12.1. The second kappa shape index (κ2) is 4.82. The van der Waals surface area contributed by atoms with E-state index in [4.69, 9.17) is 0 Å². The third kappa shape index (κ3) is 1.80. The monoisotopic (exact) mass is 298 g/mol. The van der Waals surface area contributed by atoms with Gasteiger partial charge in [0.05, 0.1) is 0 Å². The average molecular weight is 298 g/mol. The van der Waals surface area contributed by atoms with E-state index in [1.54, 1.807) is 5.57 Å². The topological polar surface area (TPSA) is 17.1 Å². The molecule has 4 rings (SSSR count). The van der Waals surface area contributed by atoms with Gasteiger partial charge in [0.2, 0.25) is 0 Å². The van der Waals surface area contributed by atoms with Crippen LogP contribution >= 0.6 is 0 Å². The van der Waals surface area contributed by atoms with E-state index < -0.39 is 0 Å². The van der Waals surface area contributed by atoms with Crippen LogP contribution in [-0.4, -0.2) is 5.78 Å². The van der Waals surface area contributed by atoms with Crippen molar-refractivity contribution in [1.29, 1.82) is 0 Å². The Labute approximate surface area is 135 Å². The fraction of sp³-hybridized carbons (Fsp3) is 0.762. The van der Waals surface area contributed by atoms with E-state index in [1.165, 1.54) is 38.5 Å². The van der Waals surface area contributed by atoms with E-state index in [-0.39, 0.29) is 0 Å². The fourth-order valence-electron chi connectivity index (χ4n) is 6.97. The molecule has 0 unspecified atom stereocenters. The maximum absolute atomic E-state index is 12.1. The highest BCUT2D eigenvalue weighted by Gasteiger charge is 2.58. The molecule has 1 heteroatoms. The molecule has 2 saturated carbocycles. The summed E-state index contributed by atoms with van der Waals surface area (Å²) in [4.78, 5) is 12.1. The molecule has 0 bridgehead atoms. The van der Waals surface area contributed by atoms with Crippen LogP contribution in [-0.2, 0) is 4.79 Å². The molecular formula is C21H30O. The molecule has 0 aliphatic heterocycles. The van der Waals surface area contributed by atoms with Crippen molar-refractivity contribution in [3.05, 3.63) is 23.8 Å². The Kier molecular flexibility index (Phi) is 3.23. The predicted molar refractivity (Wildman–Crippen MR) is 90.4 cm³/mol. The first-order chi connectivity index (χ1) is 10.5. The lowest BCUT2D eigenvalue weighted by Gasteiger charge is -2.56. The Balaban J connectivity index is 1.70. The van der Waals surface area contributed by atoms with Crippen molar-refractivity contribution < 1.29 is 4.79 Å². The Hall–Kier alpha value is -0.850. The van der Waals surface area contributed by atoms with E-state index in [0.717, 1.165) is 24.2 Å². The molecule has 0 amide bonds. The minimum atomic E-state index is 0.291. The normalized spacial score (nSPS) is 49.9. The highest BCUT2D eigenvalue weighted by atomic mass is 16.1. The van der Waals surface area contributed by atoms with Gasteiger partial charge >= 0.3 is 0 Å². The molecule has 0 N–H and O–H groups in total. The first kappa shape index (κ1) is 14.7. The van der Waals surface area contributed by atoms with E-state index >= 15 is 0 Å². The van der Waals surface area contributed by atoms with E-state index in [1.807, 2.05) is 6.92 Å². The summed E-state index contributed by atoms with van der Waals surface area (Å²) in [7, 11) is 0. The second-order valence-electron chi connectivity index (χ2n) is 8.92. The minimum absolute atomic E-state index is 0.291. The van der Waals surface area contributed by atoms with Crippen LogP contribution in [0, 0.1) is 34.5 Å². The SMILES string of the molecule is CC(=O)[C@H]1CC[C@H]2[C@@H]3CC=C4C=CCC[C@]4(C)[C@H]3CC[C@]12C. The third-order valence-electron chi connectivity index (χ3n) is 8.14. The van der Waals surface area contributed by atoms with E-state index in [9.17, 15) is 4.79 Å². The Morgan fingerprint density at radius 3 is 2.73 bits per heavy atom. The molecule has 120 valence electrons. The summed E-state index contributed by atoms with van der Waals surface area (Å²) in [6.45, 7) is 6.80. The van der Waals surface area contributed by atoms with Crippen LogP contribution in [0.25, 0.3) is 0 Å². The molecule has 0 aromatic rings. The van der Waals surface area contributed by atoms with Crippen molar-refractivity contribution in [2.75, 3.05) is 0 Å². The highest BCUT2D eigenvalue weighted by Crippen LogP contribution is 2.65. The van der Waals surface area contributed by atoms with Crippen LogP contribution in [0.5, 0.6) is 0 Å². The standard InChI is InChI=1S/C21H30O/c1-14(22)17-9-10-18-16-8-7-15-6-4-5-12-20(15,2)19(16)11-13-21(17,18)3/h4,6-7,16-19H,5,8-13H2,1-3H3/t16-,17+,18-,19-,20-,21+/m0/s1. The smallest absolute Gasteiger partial charge is 0.133 e. The Morgan fingerprint density at radius 1 is 1.14 bits per heavy atom. The summed E-state index contributed by atoms with van der Waals surface area (Å²) < 4.78 is 0. The van der Waals surface area contributed by atoms with Gasteiger partial charge in [-0.25, -0.2) is 0 Å². The summed E-state index contributed by atoms with van der Waals surface area (Å²) in [5, 5.41) is 0. The van der Waals surface area contributed by atoms with Crippen molar-refractivity contribution >= 4 is 5.78 Å². The zero-order valence-electron chi connectivity index (χ0n) is 14.4. The molecule has 0 spiro atoms. The fourth-order valence-corrected chi connectivity index (χ4v) is 6.97. The maximum Gasteiger partial charge on any atom is 0.133 e. The van der Waals surface area contributed by atoms with Gasteiger partial charge in [-0.15, -0.1) is 0 Å². The molecule has 0 saturated heterocycles. The lowest BCUT2D eigenvalue weighted by atomic mass is 9.48. The number of hydrogen-bond acceptors (Lipinski definition) is 1. The van der Waals surface area contributed by atoms with E-state index in [0.29, 0.717) is 22.5 Å². The molecule has 2 fully saturated rings. The summed E-state index contributed by atoms with van der Waals surface area (Å²) in [5.41, 5.74) is 2.32. The van der Waals surface area contributed by atoms with Crippen LogP contribution in [0.15, 0.2) is 23.8 Å². The van der Waals surface area contributed by atoms with Gasteiger partial charge in [-0.2, -0.15) is 0 Å². The van der Waals surface area contributed by atoms with Gasteiger partial charge < -0.3 is 0 Å². The molecule has 0 radical (unpaired) electrons. The first-order valence-electron chi connectivity index (χ1n) is 9.34. The Bertz CT molecular complexity index is 556. The number of rotatable bonds is 1.